The van der Waals surface area contributed by atoms with E-state index in [0.717, 1.165) is 25.8 Å². The van der Waals surface area contributed by atoms with E-state index in [9.17, 15) is 0 Å². The monoisotopic (exact) mass is 186 g/mol. The lowest BCUT2D eigenvalue weighted by Crippen LogP contribution is -2.27. The van der Waals surface area contributed by atoms with Gasteiger partial charge in [0.1, 0.15) is 0 Å². The molecule has 0 aliphatic carbocycles. The zero-order valence-corrected chi connectivity index (χ0v) is 9.47. The fourth-order valence-corrected chi connectivity index (χ4v) is 1.51. The summed E-state index contributed by atoms with van der Waals surface area (Å²) in [6, 6.07) is 0.362. The van der Waals surface area contributed by atoms with Crippen molar-refractivity contribution in [2.45, 2.75) is 58.9 Å². The van der Waals surface area contributed by atoms with Gasteiger partial charge < -0.3 is 11.5 Å². The summed E-state index contributed by atoms with van der Waals surface area (Å²) < 4.78 is 0. The molecule has 0 radical (unpaired) electrons. The van der Waals surface area contributed by atoms with Gasteiger partial charge in [-0.3, -0.25) is 0 Å². The second-order valence-corrected chi connectivity index (χ2v) is 4.77. The van der Waals surface area contributed by atoms with E-state index in [2.05, 4.69) is 20.8 Å². The molecule has 0 aliphatic rings. The third-order valence-corrected chi connectivity index (χ3v) is 2.80. The molecule has 0 heterocycles. The predicted octanol–water partition coefficient (Wildman–Crippen LogP) is 2.27. The van der Waals surface area contributed by atoms with Crippen LogP contribution in [0.1, 0.15) is 52.9 Å². The van der Waals surface area contributed by atoms with Gasteiger partial charge in [-0.25, -0.2) is 0 Å². The molecule has 0 saturated carbocycles. The van der Waals surface area contributed by atoms with Crippen molar-refractivity contribution in [2.75, 3.05) is 6.54 Å². The summed E-state index contributed by atoms with van der Waals surface area (Å²) in [6.45, 7) is 7.60. The van der Waals surface area contributed by atoms with Gasteiger partial charge in [-0.2, -0.15) is 0 Å². The van der Waals surface area contributed by atoms with E-state index in [1.807, 2.05) is 0 Å². The Hall–Kier alpha value is -0.0800. The summed E-state index contributed by atoms with van der Waals surface area (Å²) in [5.41, 5.74) is 11.9. The van der Waals surface area contributed by atoms with Crippen LogP contribution in [0.2, 0.25) is 0 Å². The first kappa shape index (κ1) is 12.9. The van der Waals surface area contributed by atoms with Crippen LogP contribution in [-0.4, -0.2) is 12.6 Å². The van der Waals surface area contributed by atoms with Crippen molar-refractivity contribution in [3.8, 4) is 0 Å². The van der Waals surface area contributed by atoms with Crippen LogP contribution in [0.15, 0.2) is 0 Å². The van der Waals surface area contributed by atoms with Crippen molar-refractivity contribution < 1.29 is 0 Å². The van der Waals surface area contributed by atoms with Crippen LogP contribution >= 0.6 is 0 Å². The fraction of sp³-hybridized carbons (Fsp3) is 1.00. The van der Waals surface area contributed by atoms with Crippen LogP contribution in [0.3, 0.4) is 0 Å². The summed E-state index contributed by atoms with van der Waals surface area (Å²) in [5, 5.41) is 0. The van der Waals surface area contributed by atoms with E-state index in [4.69, 9.17) is 11.5 Å². The topological polar surface area (TPSA) is 52.0 Å². The molecular weight excluding hydrogens is 160 g/mol. The molecule has 0 amide bonds. The van der Waals surface area contributed by atoms with E-state index in [0.29, 0.717) is 11.5 Å². The van der Waals surface area contributed by atoms with Gasteiger partial charge in [0.2, 0.25) is 0 Å². The van der Waals surface area contributed by atoms with Crippen LogP contribution in [0.25, 0.3) is 0 Å². The smallest absolute Gasteiger partial charge is 0.00439 e. The van der Waals surface area contributed by atoms with Crippen LogP contribution in [0.4, 0.5) is 0 Å². The van der Waals surface area contributed by atoms with Crippen LogP contribution in [0.5, 0.6) is 0 Å². The van der Waals surface area contributed by atoms with Crippen molar-refractivity contribution in [3.05, 3.63) is 0 Å². The minimum Gasteiger partial charge on any atom is -0.330 e. The van der Waals surface area contributed by atoms with Crippen LogP contribution in [0, 0.1) is 5.41 Å². The Morgan fingerprint density at radius 3 is 2.31 bits per heavy atom. The normalized spacial score (nSPS) is 14.5. The molecule has 2 heteroatoms. The first-order valence-corrected chi connectivity index (χ1v) is 5.47. The van der Waals surface area contributed by atoms with E-state index in [-0.39, 0.29) is 0 Å². The first-order chi connectivity index (χ1) is 6.02. The minimum atomic E-state index is 0.362. The molecule has 0 aliphatic heterocycles. The quantitative estimate of drug-likeness (QED) is 0.599. The molecule has 0 fully saturated rings. The van der Waals surface area contributed by atoms with Crippen molar-refractivity contribution in [1.82, 2.24) is 0 Å². The molecule has 80 valence electrons. The van der Waals surface area contributed by atoms with Gasteiger partial charge in [-0.05, 0) is 31.2 Å². The predicted molar refractivity (Wildman–Crippen MR) is 59.6 cm³/mol. The lowest BCUT2D eigenvalue weighted by atomic mass is 9.82. The number of nitrogens with two attached hydrogens (primary N) is 2. The molecule has 0 unspecified atom stereocenters. The standard InChI is InChI=1S/C11H26N2/c1-4-11(2,3)9-10(13)7-5-6-8-12/h10H,4-9,12-13H2,1-3H3/t10-/m0/s1. The molecule has 0 rings (SSSR count). The van der Waals surface area contributed by atoms with E-state index in [1.54, 1.807) is 0 Å². The summed E-state index contributed by atoms with van der Waals surface area (Å²) in [6.07, 6.45) is 5.75. The van der Waals surface area contributed by atoms with Crippen molar-refractivity contribution in [1.29, 1.82) is 0 Å². The van der Waals surface area contributed by atoms with Gasteiger partial charge in [-0.15, -0.1) is 0 Å². The zero-order valence-electron chi connectivity index (χ0n) is 9.47. The van der Waals surface area contributed by atoms with E-state index < -0.39 is 0 Å². The maximum Gasteiger partial charge on any atom is 0.00439 e. The SMILES string of the molecule is CCC(C)(C)C[C@@H](N)CCCCN. The first-order valence-electron chi connectivity index (χ1n) is 5.47. The highest BCUT2D eigenvalue weighted by Crippen LogP contribution is 2.26. The highest BCUT2D eigenvalue weighted by molar-refractivity contribution is 4.74. The molecule has 0 aromatic heterocycles. The number of hydrogen-bond donors (Lipinski definition) is 2. The van der Waals surface area contributed by atoms with Gasteiger partial charge in [0.15, 0.2) is 0 Å². The number of rotatable bonds is 7. The average molecular weight is 186 g/mol. The largest absolute Gasteiger partial charge is 0.330 e. The molecule has 4 N–H and O–H groups in total. The second kappa shape index (κ2) is 6.39. The summed E-state index contributed by atoms with van der Waals surface area (Å²) in [7, 11) is 0. The van der Waals surface area contributed by atoms with Gasteiger partial charge in [0.25, 0.3) is 0 Å². The molecule has 2 nitrogen and oxygen atoms in total. The Bertz CT molecular complexity index is 121. The molecule has 0 aromatic carbocycles. The van der Waals surface area contributed by atoms with Crippen molar-refractivity contribution in [3.63, 3.8) is 0 Å². The number of hydrogen-bond acceptors (Lipinski definition) is 2. The Labute approximate surface area is 83.1 Å². The van der Waals surface area contributed by atoms with Gasteiger partial charge in [-0.1, -0.05) is 33.6 Å². The summed E-state index contributed by atoms with van der Waals surface area (Å²) in [5.74, 6) is 0. The zero-order chi connectivity index (χ0) is 10.3. The number of unbranched alkanes of at least 4 members (excludes halogenated alkanes) is 1. The molecule has 1 atom stereocenters. The third-order valence-electron chi connectivity index (χ3n) is 2.80. The molecular formula is C11H26N2. The molecule has 0 bridgehead atoms. The Kier molecular flexibility index (Phi) is 6.35. The fourth-order valence-electron chi connectivity index (χ4n) is 1.51. The maximum absolute atomic E-state index is 6.04. The summed E-state index contributed by atoms with van der Waals surface area (Å²) >= 11 is 0. The van der Waals surface area contributed by atoms with E-state index >= 15 is 0 Å². The molecule has 0 spiro atoms. The third kappa shape index (κ3) is 7.03. The second-order valence-electron chi connectivity index (χ2n) is 4.77. The molecule has 0 aromatic rings. The Morgan fingerprint density at radius 1 is 1.23 bits per heavy atom. The Morgan fingerprint density at radius 2 is 1.85 bits per heavy atom. The lowest BCUT2D eigenvalue weighted by molar-refractivity contribution is 0.285. The van der Waals surface area contributed by atoms with E-state index in [1.165, 1.54) is 12.8 Å². The van der Waals surface area contributed by atoms with Gasteiger partial charge in [0.05, 0.1) is 0 Å². The van der Waals surface area contributed by atoms with Crippen molar-refractivity contribution >= 4 is 0 Å². The maximum atomic E-state index is 6.04. The van der Waals surface area contributed by atoms with Crippen LogP contribution in [-0.2, 0) is 0 Å². The molecule has 0 saturated heterocycles. The molecule has 13 heavy (non-hydrogen) atoms. The Balaban J connectivity index is 3.55. The van der Waals surface area contributed by atoms with Gasteiger partial charge in [0, 0.05) is 6.04 Å². The highest BCUT2D eigenvalue weighted by Gasteiger charge is 2.18. The van der Waals surface area contributed by atoms with Crippen LogP contribution < -0.4 is 11.5 Å². The minimum absolute atomic E-state index is 0.362. The lowest BCUT2D eigenvalue weighted by Gasteiger charge is -2.26. The highest BCUT2D eigenvalue weighted by atomic mass is 14.6. The van der Waals surface area contributed by atoms with Gasteiger partial charge >= 0.3 is 0 Å². The average Bonchev–Trinajstić information content (AvgIpc) is 2.04. The van der Waals surface area contributed by atoms with Crippen molar-refractivity contribution in [2.24, 2.45) is 16.9 Å². The summed E-state index contributed by atoms with van der Waals surface area (Å²) in [4.78, 5) is 0.